The summed E-state index contributed by atoms with van der Waals surface area (Å²) in [4.78, 5) is 16.3. The molecule has 0 atom stereocenters. The monoisotopic (exact) mass is 362 g/mol. The van der Waals surface area contributed by atoms with Gasteiger partial charge in [0.1, 0.15) is 5.82 Å². The fourth-order valence-corrected chi connectivity index (χ4v) is 2.96. The van der Waals surface area contributed by atoms with Gasteiger partial charge >= 0.3 is 0 Å². The minimum Gasteiger partial charge on any atom is -0.302 e. The summed E-state index contributed by atoms with van der Waals surface area (Å²) in [6.07, 6.45) is 0.412. The molecule has 0 radical (unpaired) electrons. The molecule has 0 fully saturated rings. The Labute approximate surface area is 146 Å². The number of benzene rings is 2. The average molecular weight is 362 g/mol. The number of carbonyl (C=O) groups excluding carboxylic acids is 1. The smallest absolute Gasteiger partial charge is 0.226 e. The van der Waals surface area contributed by atoms with Gasteiger partial charge in [-0.25, -0.2) is 18.2 Å². The van der Waals surface area contributed by atoms with Crippen LogP contribution in [0.5, 0.6) is 0 Å². The zero-order valence-electron chi connectivity index (χ0n) is 12.9. The predicted octanol–water partition coefficient (Wildman–Crippen LogP) is 4.80. The van der Waals surface area contributed by atoms with Crippen molar-refractivity contribution in [3.8, 4) is 11.3 Å². The number of anilines is 1. The van der Waals surface area contributed by atoms with Gasteiger partial charge in [0.2, 0.25) is 5.91 Å². The molecule has 25 heavy (non-hydrogen) atoms. The minimum atomic E-state index is -0.929. The second kappa shape index (κ2) is 7.48. The first-order valence-electron chi connectivity index (χ1n) is 7.46. The van der Waals surface area contributed by atoms with Gasteiger partial charge in [-0.2, -0.15) is 0 Å². The lowest BCUT2D eigenvalue weighted by Crippen LogP contribution is -2.12. The molecule has 0 saturated heterocycles. The van der Waals surface area contributed by atoms with Crippen LogP contribution in [0.2, 0.25) is 0 Å². The summed E-state index contributed by atoms with van der Waals surface area (Å²) >= 11 is 1.26. The molecule has 0 aliphatic carbocycles. The maximum absolute atomic E-state index is 13.1. The van der Waals surface area contributed by atoms with Gasteiger partial charge in [0.25, 0.3) is 0 Å². The van der Waals surface area contributed by atoms with Crippen LogP contribution < -0.4 is 5.32 Å². The highest BCUT2D eigenvalue weighted by molar-refractivity contribution is 7.14. The number of rotatable bonds is 5. The molecule has 1 amide bonds. The Bertz CT molecular complexity index is 894. The summed E-state index contributed by atoms with van der Waals surface area (Å²) in [7, 11) is 0. The molecule has 0 aliphatic heterocycles. The molecule has 0 bridgehead atoms. The lowest BCUT2D eigenvalue weighted by atomic mass is 10.1. The molecule has 3 nitrogen and oxygen atoms in total. The van der Waals surface area contributed by atoms with E-state index in [0.29, 0.717) is 22.8 Å². The number of carbonyl (C=O) groups is 1. The molecular formula is C18H13F3N2OS. The van der Waals surface area contributed by atoms with Crippen molar-refractivity contribution in [1.29, 1.82) is 0 Å². The first-order valence-corrected chi connectivity index (χ1v) is 8.34. The molecule has 2 aromatic carbocycles. The van der Waals surface area contributed by atoms with Crippen molar-refractivity contribution in [2.75, 3.05) is 5.32 Å². The third-order valence-corrected chi connectivity index (χ3v) is 4.27. The van der Waals surface area contributed by atoms with E-state index in [1.807, 2.05) is 0 Å². The Hall–Kier alpha value is -2.67. The molecule has 0 spiro atoms. The molecule has 3 rings (SSSR count). The number of nitrogens with one attached hydrogen (secondary N) is 1. The van der Waals surface area contributed by atoms with E-state index in [1.165, 1.54) is 29.5 Å². The summed E-state index contributed by atoms with van der Waals surface area (Å²) < 4.78 is 38.9. The van der Waals surface area contributed by atoms with E-state index in [0.717, 1.165) is 17.7 Å². The fraction of sp³-hybridized carbons (Fsp3) is 0.111. The van der Waals surface area contributed by atoms with E-state index in [2.05, 4.69) is 10.3 Å². The van der Waals surface area contributed by atoms with Crippen LogP contribution in [-0.2, 0) is 11.2 Å². The van der Waals surface area contributed by atoms with E-state index >= 15 is 0 Å². The molecule has 0 aliphatic rings. The zero-order chi connectivity index (χ0) is 17.8. The lowest BCUT2D eigenvalue weighted by molar-refractivity contribution is -0.116. The number of amides is 1. The Morgan fingerprint density at radius 1 is 1.04 bits per heavy atom. The standard InChI is InChI=1S/C18H13F3N2OS/c19-13-5-3-12(4-6-13)16-10-25-18(22-16)23-17(24)8-2-11-1-7-14(20)15(21)9-11/h1,3-7,9-10H,2,8H2,(H,22,23,24). The van der Waals surface area contributed by atoms with E-state index in [9.17, 15) is 18.0 Å². The SMILES string of the molecule is O=C(CCc1ccc(F)c(F)c1)Nc1nc(-c2ccc(F)cc2)cs1. The molecule has 0 unspecified atom stereocenters. The Morgan fingerprint density at radius 3 is 2.52 bits per heavy atom. The van der Waals surface area contributed by atoms with Gasteiger partial charge in [-0.05, 0) is 48.4 Å². The maximum Gasteiger partial charge on any atom is 0.226 e. The zero-order valence-corrected chi connectivity index (χ0v) is 13.7. The van der Waals surface area contributed by atoms with Gasteiger partial charge in [0.15, 0.2) is 16.8 Å². The fourth-order valence-electron chi connectivity index (χ4n) is 2.22. The van der Waals surface area contributed by atoms with Gasteiger partial charge in [0, 0.05) is 17.4 Å². The summed E-state index contributed by atoms with van der Waals surface area (Å²) in [5.41, 5.74) is 1.93. The maximum atomic E-state index is 13.1. The van der Waals surface area contributed by atoms with Crippen molar-refractivity contribution in [2.45, 2.75) is 12.8 Å². The molecule has 1 N–H and O–H groups in total. The van der Waals surface area contributed by atoms with Crippen molar-refractivity contribution in [3.05, 3.63) is 70.9 Å². The van der Waals surface area contributed by atoms with Crippen LogP contribution in [0.15, 0.2) is 47.8 Å². The predicted molar refractivity (Wildman–Crippen MR) is 90.8 cm³/mol. The molecule has 128 valence electrons. The van der Waals surface area contributed by atoms with Crippen LogP contribution in [0.3, 0.4) is 0 Å². The minimum absolute atomic E-state index is 0.122. The first kappa shape index (κ1) is 17.2. The van der Waals surface area contributed by atoms with Gasteiger partial charge in [-0.15, -0.1) is 11.3 Å². The molecule has 0 saturated carbocycles. The second-order valence-electron chi connectivity index (χ2n) is 5.34. The van der Waals surface area contributed by atoms with Crippen molar-refractivity contribution >= 4 is 22.4 Å². The molecule has 7 heteroatoms. The Morgan fingerprint density at radius 2 is 1.80 bits per heavy atom. The van der Waals surface area contributed by atoms with Crippen molar-refractivity contribution in [3.63, 3.8) is 0 Å². The highest BCUT2D eigenvalue weighted by Crippen LogP contribution is 2.25. The summed E-state index contributed by atoms with van der Waals surface area (Å²) in [6, 6.07) is 9.47. The second-order valence-corrected chi connectivity index (χ2v) is 6.20. The number of hydrogen-bond donors (Lipinski definition) is 1. The Balaban J connectivity index is 1.58. The van der Waals surface area contributed by atoms with Crippen LogP contribution in [-0.4, -0.2) is 10.9 Å². The summed E-state index contributed by atoms with van der Waals surface area (Å²) in [5.74, 6) is -2.44. The normalized spacial score (nSPS) is 10.7. The number of halogens is 3. The van der Waals surface area contributed by atoms with Crippen LogP contribution >= 0.6 is 11.3 Å². The highest BCUT2D eigenvalue weighted by atomic mass is 32.1. The number of thiazole rings is 1. The molecule has 3 aromatic rings. The molecule has 1 aromatic heterocycles. The largest absolute Gasteiger partial charge is 0.302 e. The number of aromatic nitrogens is 1. The van der Waals surface area contributed by atoms with Crippen LogP contribution in [0.1, 0.15) is 12.0 Å². The van der Waals surface area contributed by atoms with Crippen molar-refractivity contribution in [1.82, 2.24) is 4.98 Å². The quantitative estimate of drug-likeness (QED) is 0.708. The topological polar surface area (TPSA) is 42.0 Å². The van der Waals surface area contributed by atoms with Crippen LogP contribution in [0.4, 0.5) is 18.3 Å². The van der Waals surface area contributed by atoms with Gasteiger partial charge in [-0.1, -0.05) is 6.07 Å². The van der Waals surface area contributed by atoms with Crippen LogP contribution in [0, 0.1) is 17.5 Å². The highest BCUT2D eigenvalue weighted by Gasteiger charge is 2.09. The van der Waals surface area contributed by atoms with Crippen molar-refractivity contribution in [2.24, 2.45) is 0 Å². The number of nitrogens with zero attached hydrogens (tertiary/aromatic N) is 1. The van der Waals surface area contributed by atoms with Crippen LogP contribution in [0.25, 0.3) is 11.3 Å². The third kappa shape index (κ3) is 4.45. The number of aryl methyl sites for hydroxylation is 1. The van der Waals surface area contributed by atoms with E-state index < -0.39 is 11.6 Å². The first-order chi connectivity index (χ1) is 12.0. The van der Waals surface area contributed by atoms with Gasteiger partial charge in [-0.3, -0.25) is 4.79 Å². The molecular weight excluding hydrogens is 349 g/mol. The summed E-state index contributed by atoms with van der Waals surface area (Å²) in [5, 5.41) is 4.85. The third-order valence-electron chi connectivity index (χ3n) is 3.52. The van der Waals surface area contributed by atoms with Gasteiger partial charge < -0.3 is 5.32 Å². The average Bonchev–Trinajstić information content (AvgIpc) is 3.05. The van der Waals surface area contributed by atoms with E-state index in [-0.39, 0.29) is 18.1 Å². The van der Waals surface area contributed by atoms with Crippen molar-refractivity contribution < 1.29 is 18.0 Å². The van der Waals surface area contributed by atoms with E-state index in [1.54, 1.807) is 17.5 Å². The number of hydrogen-bond acceptors (Lipinski definition) is 3. The molecule has 1 heterocycles. The summed E-state index contributed by atoms with van der Waals surface area (Å²) in [6.45, 7) is 0. The van der Waals surface area contributed by atoms with E-state index in [4.69, 9.17) is 0 Å². The van der Waals surface area contributed by atoms with Gasteiger partial charge in [0.05, 0.1) is 5.69 Å². The lowest BCUT2D eigenvalue weighted by Gasteiger charge is -2.03. The Kier molecular flexibility index (Phi) is 5.14.